The summed E-state index contributed by atoms with van der Waals surface area (Å²) in [5.41, 5.74) is 1.81. The summed E-state index contributed by atoms with van der Waals surface area (Å²) in [6.07, 6.45) is 4.99. The van der Waals surface area contributed by atoms with Crippen LogP contribution in [0.4, 0.5) is 0 Å². The third kappa shape index (κ3) is 2.78. The van der Waals surface area contributed by atoms with Crippen molar-refractivity contribution in [3.8, 4) is 0 Å². The third-order valence-corrected chi connectivity index (χ3v) is 2.52. The van der Waals surface area contributed by atoms with Crippen molar-refractivity contribution in [2.75, 3.05) is 0 Å². The lowest BCUT2D eigenvalue weighted by Crippen LogP contribution is -2.02. The first kappa shape index (κ1) is 11.0. The van der Waals surface area contributed by atoms with E-state index in [0.717, 1.165) is 11.1 Å². The molecule has 0 bridgehead atoms. The molecule has 1 N–H and O–H groups in total. The molecule has 0 radical (unpaired) electrons. The van der Waals surface area contributed by atoms with E-state index in [4.69, 9.17) is 11.6 Å². The number of hydrogen-bond donors (Lipinski definition) is 1. The molecule has 0 aliphatic heterocycles. The van der Waals surface area contributed by atoms with E-state index in [1.165, 1.54) is 0 Å². The standard InChI is InChI=1S/C12H11ClN2O/c13-12-8-10(3-6-15-12)11(16)7-9-1-4-14-5-2-9/h1-6,8,11,16H,7H2. The molecule has 82 valence electrons. The molecule has 2 aromatic heterocycles. The van der Waals surface area contributed by atoms with Crippen LogP contribution >= 0.6 is 11.6 Å². The number of rotatable bonds is 3. The molecule has 0 saturated carbocycles. The van der Waals surface area contributed by atoms with Gasteiger partial charge in [-0.3, -0.25) is 4.98 Å². The molecule has 1 atom stereocenters. The number of nitrogens with zero attached hydrogens (tertiary/aromatic N) is 2. The summed E-state index contributed by atoms with van der Waals surface area (Å²) in [5, 5.41) is 10.4. The van der Waals surface area contributed by atoms with Gasteiger partial charge in [-0.05, 0) is 35.4 Å². The zero-order valence-corrected chi connectivity index (χ0v) is 9.30. The summed E-state index contributed by atoms with van der Waals surface area (Å²) >= 11 is 5.76. The zero-order valence-electron chi connectivity index (χ0n) is 8.55. The number of hydrogen-bond acceptors (Lipinski definition) is 3. The molecule has 0 fully saturated rings. The van der Waals surface area contributed by atoms with Crippen LogP contribution in [0.5, 0.6) is 0 Å². The van der Waals surface area contributed by atoms with Crippen LogP contribution < -0.4 is 0 Å². The van der Waals surface area contributed by atoms with Gasteiger partial charge >= 0.3 is 0 Å². The smallest absolute Gasteiger partial charge is 0.129 e. The van der Waals surface area contributed by atoms with E-state index in [0.29, 0.717) is 11.6 Å². The fourth-order valence-electron chi connectivity index (χ4n) is 1.48. The van der Waals surface area contributed by atoms with Crippen molar-refractivity contribution in [3.63, 3.8) is 0 Å². The first-order valence-electron chi connectivity index (χ1n) is 4.94. The Morgan fingerprint density at radius 2 is 1.94 bits per heavy atom. The number of halogens is 1. The van der Waals surface area contributed by atoms with Crippen LogP contribution in [0.2, 0.25) is 5.15 Å². The molecule has 3 nitrogen and oxygen atoms in total. The fourth-order valence-corrected chi connectivity index (χ4v) is 1.67. The molecule has 0 aliphatic carbocycles. The molecule has 16 heavy (non-hydrogen) atoms. The van der Waals surface area contributed by atoms with Crippen molar-refractivity contribution in [1.29, 1.82) is 0 Å². The van der Waals surface area contributed by atoms with Crippen molar-refractivity contribution in [2.45, 2.75) is 12.5 Å². The Bertz CT molecular complexity index is 462. The van der Waals surface area contributed by atoms with Gasteiger partial charge < -0.3 is 5.11 Å². The van der Waals surface area contributed by atoms with Crippen molar-refractivity contribution < 1.29 is 5.11 Å². The number of aliphatic hydroxyl groups excluding tert-OH is 1. The van der Waals surface area contributed by atoms with Gasteiger partial charge in [-0.1, -0.05) is 11.6 Å². The van der Waals surface area contributed by atoms with Crippen LogP contribution in [0.15, 0.2) is 42.9 Å². The molecule has 0 saturated heterocycles. The van der Waals surface area contributed by atoms with Crippen molar-refractivity contribution in [1.82, 2.24) is 9.97 Å². The highest BCUT2D eigenvalue weighted by molar-refractivity contribution is 6.29. The first-order chi connectivity index (χ1) is 7.75. The minimum Gasteiger partial charge on any atom is -0.388 e. The van der Waals surface area contributed by atoms with Gasteiger partial charge in [0, 0.05) is 25.0 Å². The van der Waals surface area contributed by atoms with Gasteiger partial charge in [0.1, 0.15) is 5.15 Å². The molecule has 0 spiro atoms. The molecular formula is C12H11ClN2O. The minimum atomic E-state index is -0.567. The SMILES string of the molecule is OC(Cc1ccncc1)c1ccnc(Cl)c1. The van der Waals surface area contributed by atoms with Crippen LogP contribution in [0.25, 0.3) is 0 Å². The van der Waals surface area contributed by atoms with E-state index in [9.17, 15) is 5.11 Å². The van der Waals surface area contributed by atoms with E-state index in [2.05, 4.69) is 9.97 Å². The predicted octanol–water partition coefficient (Wildman–Crippen LogP) is 2.41. The first-order valence-corrected chi connectivity index (χ1v) is 5.32. The Morgan fingerprint density at radius 3 is 2.62 bits per heavy atom. The quantitative estimate of drug-likeness (QED) is 0.830. The largest absolute Gasteiger partial charge is 0.388 e. The normalized spacial score (nSPS) is 12.4. The molecule has 4 heteroatoms. The minimum absolute atomic E-state index is 0.395. The van der Waals surface area contributed by atoms with Crippen LogP contribution in [0.1, 0.15) is 17.2 Å². The van der Waals surface area contributed by atoms with Gasteiger partial charge in [-0.2, -0.15) is 0 Å². The fraction of sp³-hybridized carbons (Fsp3) is 0.167. The lowest BCUT2D eigenvalue weighted by molar-refractivity contribution is 0.178. The van der Waals surface area contributed by atoms with Gasteiger partial charge in [-0.25, -0.2) is 4.98 Å². The molecule has 2 heterocycles. The maximum Gasteiger partial charge on any atom is 0.129 e. The van der Waals surface area contributed by atoms with E-state index >= 15 is 0 Å². The van der Waals surface area contributed by atoms with Gasteiger partial charge in [0.05, 0.1) is 6.10 Å². The summed E-state index contributed by atoms with van der Waals surface area (Å²) in [6, 6.07) is 7.20. The Kier molecular flexibility index (Phi) is 3.49. The van der Waals surface area contributed by atoms with Crippen LogP contribution in [-0.4, -0.2) is 15.1 Å². The van der Waals surface area contributed by atoms with Crippen molar-refractivity contribution in [3.05, 3.63) is 59.1 Å². The highest BCUT2D eigenvalue weighted by Crippen LogP contribution is 2.19. The van der Waals surface area contributed by atoms with E-state index in [1.54, 1.807) is 30.7 Å². The maximum atomic E-state index is 9.99. The van der Waals surface area contributed by atoms with Gasteiger partial charge in [0.2, 0.25) is 0 Å². The zero-order chi connectivity index (χ0) is 11.4. The van der Waals surface area contributed by atoms with Crippen LogP contribution in [-0.2, 0) is 6.42 Å². The monoisotopic (exact) mass is 234 g/mol. The summed E-state index contributed by atoms with van der Waals surface area (Å²) in [6.45, 7) is 0. The molecule has 0 amide bonds. The second-order valence-corrected chi connectivity index (χ2v) is 3.87. The Labute approximate surface area is 98.8 Å². The number of aromatic nitrogens is 2. The second-order valence-electron chi connectivity index (χ2n) is 3.49. The number of pyridine rings is 2. The number of aliphatic hydroxyl groups is 1. The summed E-state index contributed by atoms with van der Waals surface area (Å²) in [5.74, 6) is 0. The van der Waals surface area contributed by atoms with Gasteiger partial charge in [0.15, 0.2) is 0 Å². The van der Waals surface area contributed by atoms with Gasteiger partial charge in [-0.15, -0.1) is 0 Å². The summed E-state index contributed by atoms with van der Waals surface area (Å²) in [4.78, 5) is 7.80. The van der Waals surface area contributed by atoms with Crippen molar-refractivity contribution in [2.24, 2.45) is 0 Å². The van der Waals surface area contributed by atoms with Crippen LogP contribution in [0.3, 0.4) is 0 Å². The molecule has 2 aromatic rings. The molecule has 1 unspecified atom stereocenters. The van der Waals surface area contributed by atoms with E-state index in [1.807, 2.05) is 12.1 Å². The topological polar surface area (TPSA) is 46.0 Å². The van der Waals surface area contributed by atoms with Crippen molar-refractivity contribution >= 4 is 11.6 Å². The highest BCUT2D eigenvalue weighted by atomic mass is 35.5. The summed E-state index contributed by atoms with van der Waals surface area (Å²) < 4.78 is 0. The van der Waals surface area contributed by atoms with Gasteiger partial charge in [0.25, 0.3) is 0 Å². The van der Waals surface area contributed by atoms with E-state index < -0.39 is 6.10 Å². The Hall–Kier alpha value is -1.45. The molecule has 2 rings (SSSR count). The average Bonchev–Trinajstić information content (AvgIpc) is 2.30. The van der Waals surface area contributed by atoms with Crippen LogP contribution in [0, 0.1) is 0 Å². The molecule has 0 aromatic carbocycles. The predicted molar refractivity (Wildman–Crippen MR) is 62.1 cm³/mol. The third-order valence-electron chi connectivity index (χ3n) is 2.31. The van der Waals surface area contributed by atoms with E-state index in [-0.39, 0.29) is 0 Å². The highest BCUT2D eigenvalue weighted by Gasteiger charge is 2.08. The lowest BCUT2D eigenvalue weighted by atomic mass is 10.0. The average molecular weight is 235 g/mol. The summed E-state index contributed by atoms with van der Waals surface area (Å²) in [7, 11) is 0. The Morgan fingerprint density at radius 1 is 1.19 bits per heavy atom. The second kappa shape index (κ2) is 5.05. The molecule has 0 aliphatic rings. The molecular weight excluding hydrogens is 224 g/mol. The lowest BCUT2D eigenvalue weighted by Gasteiger charge is -2.10. The maximum absolute atomic E-state index is 9.99. The Balaban J connectivity index is 2.12.